The van der Waals surface area contributed by atoms with E-state index in [0.717, 1.165) is 11.1 Å². The number of carbonyl (C=O) groups excluding carboxylic acids is 1. The van der Waals surface area contributed by atoms with Crippen LogP contribution >= 0.6 is 0 Å². The first kappa shape index (κ1) is 23.2. The zero-order valence-corrected chi connectivity index (χ0v) is 19.3. The Morgan fingerprint density at radius 2 is 1.58 bits per heavy atom. The first-order chi connectivity index (χ1) is 14.4. The first-order valence-electron chi connectivity index (χ1n) is 10.4. The monoisotopic (exact) mass is 445 g/mol. The van der Waals surface area contributed by atoms with Crippen molar-refractivity contribution in [1.82, 2.24) is 4.31 Å². The van der Waals surface area contributed by atoms with Gasteiger partial charge in [0.05, 0.1) is 4.90 Å². The van der Waals surface area contributed by atoms with Crippen molar-refractivity contribution in [3.63, 3.8) is 0 Å². The van der Waals surface area contributed by atoms with Crippen molar-refractivity contribution in [1.29, 1.82) is 0 Å². The molecule has 1 aliphatic heterocycles. The maximum absolute atomic E-state index is 12.8. The summed E-state index contributed by atoms with van der Waals surface area (Å²) in [6, 6.07) is 14.3. The number of nitrogens with zero attached hydrogens (tertiary/aromatic N) is 1. The molecule has 1 heterocycles. The third-order valence-corrected chi connectivity index (χ3v) is 7.43. The van der Waals surface area contributed by atoms with Crippen LogP contribution in [0.15, 0.2) is 53.4 Å². The molecule has 0 radical (unpaired) electrons. The van der Waals surface area contributed by atoms with E-state index in [2.05, 4.69) is 26.1 Å². The molecule has 1 saturated heterocycles. The number of nitrogens with two attached hydrogens (primary N) is 1. The minimum absolute atomic E-state index is 0.0211. The Balaban J connectivity index is 1.57. The first-order valence-corrected chi connectivity index (χ1v) is 11.8. The molecule has 2 aromatic rings. The van der Waals surface area contributed by atoms with E-state index >= 15 is 0 Å². The number of sulfonamides is 1. The maximum Gasteiger partial charge on any atom is 0.413 e. The van der Waals surface area contributed by atoms with Crippen LogP contribution in [0.5, 0.6) is 0 Å². The fourth-order valence-corrected chi connectivity index (χ4v) is 4.89. The summed E-state index contributed by atoms with van der Waals surface area (Å²) in [5.74, 6) is 0. The van der Waals surface area contributed by atoms with E-state index in [-0.39, 0.29) is 36.2 Å². The predicted molar refractivity (Wildman–Crippen MR) is 121 cm³/mol. The van der Waals surface area contributed by atoms with Gasteiger partial charge in [-0.15, -0.1) is 0 Å². The molecular formula is C23H31N3O4S. The highest BCUT2D eigenvalue weighted by molar-refractivity contribution is 7.89. The van der Waals surface area contributed by atoms with Gasteiger partial charge in [0.2, 0.25) is 10.0 Å². The molecular weight excluding hydrogens is 414 g/mol. The van der Waals surface area contributed by atoms with Crippen LogP contribution in [0.1, 0.15) is 44.7 Å². The quantitative estimate of drug-likeness (QED) is 0.693. The summed E-state index contributed by atoms with van der Waals surface area (Å²) in [4.78, 5) is 12.6. The number of nitrogens with one attached hydrogen (secondary N) is 1. The van der Waals surface area contributed by atoms with Gasteiger partial charge in [-0.25, -0.2) is 13.2 Å². The third-order valence-electron chi connectivity index (χ3n) is 5.52. The summed E-state index contributed by atoms with van der Waals surface area (Å²) in [5, 5.41) is 2.69. The highest BCUT2D eigenvalue weighted by Crippen LogP contribution is 2.27. The van der Waals surface area contributed by atoms with Gasteiger partial charge in [0, 0.05) is 31.6 Å². The Morgan fingerprint density at radius 1 is 1.03 bits per heavy atom. The Morgan fingerprint density at radius 3 is 2.10 bits per heavy atom. The lowest BCUT2D eigenvalue weighted by Gasteiger charge is -2.37. The second-order valence-corrected chi connectivity index (χ2v) is 11.1. The van der Waals surface area contributed by atoms with Crippen LogP contribution in [0.25, 0.3) is 0 Å². The van der Waals surface area contributed by atoms with Crippen molar-refractivity contribution in [3.8, 4) is 0 Å². The van der Waals surface area contributed by atoms with Gasteiger partial charge in [0.25, 0.3) is 0 Å². The van der Waals surface area contributed by atoms with Crippen molar-refractivity contribution >= 4 is 21.8 Å². The van der Waals surface area contributed by atoms with Crippen LogP contribution in [0.2, 0.25) is 0 Å². The summed E-state index contributed by atoms with van der Waals surface area (Å²) < 4.78 is 32.5. The minimum Gasteiger partial charge on any atom is -0.428 e. The molecule has 0 saturated carbocycles. The summed E-state index contributed by atoms with van der Waals surface area (Å²) in [6.45, 7) is 8.62. The van der Waals surface area contributed by atoms with Gasteiger partial charge in [0.1, 0.15) is 0 Å². The largest absolute Gasteiger partial charge is 0.428 e. The Kier molecular flexibility index (Phi) is 6.45. The Bertz CT molecular complexity index is 1020. The number of rotatable bonds is 4. The lowest BCUT2D eigenvalue weighted by molar-refractivity contribution is -0.0116. The predicted octanol–water partition coefficient (Wildman–Crippen LogP) is 3.98. The third kappa shape index (κ3) is 5.64. The van der Waals surface area contributed by atoms with Crippen molar-refractivity contribution in [2.45, 2.75) is 56.6 Å². The lowest BCUT2D eigenvalue weighted by Crippen LogP contribution is -2.54. The van der Waals surface area contributed by atoms with Crippen LogP contribution in [-0.4, -0.2) is 37.6 Å². The van der Waals surface area contributed by atoms with Crippen LogP contribution < -0.4 is 11.1 Å². The molecule has 7 nitrogen and oxygen atoms in total. The number of amides is 1. The number of anilines is 1. The molecule has 1 fully saturated rings. The van der Waals surface area contributed by atoms with Crippen molar-refractivity contribution < 1.29 is 17.9 Å². The van der Waals surface area contributed by atoms with E-state index < -0.39 is 21.8 Å². The van der Waals surface area contributed by atoms with E-state index in [1.54, 1.807) is 24.3 Å². The zero-order valence-electron chi connectivity index (χ0n) is 18.5. The van der Waals surface area contributed by atoms with E-state index in [4.69, 9.17) is 10.5 Å². The second kappa shape index (κ2) is 8.61. The Hall–Kier alpha value is -2.42. The summed E-state index contributed by atoms with van der Waals surface area (Å²) in [6.07, 6.45) is -0.219. The van der Waals surface area contributed by atoms with Crippen molar-refractivity contribution in [3.05, 3.63) is 59.7 Å². The molecule has 2 aromatic carbocycles. The molecule has 1 amide bonds. The molecule has 0 unspecified atom stereocenters. The number of hydrogen-bond donors (Lipinski definition) is 2. The van der Waals surface area contributed by atoms with Crippen LogP contribution in [0.3, 0.4) is 0 Å². The number of ether oxygens (including phenoxy) is 1. The lowest BCUT2D eigenvalue weighted by atomic mass is 9.87. The van der Waals surface area contributed by atoms with Crippen LogP contribution in [0, 0.1) is 6.92 Å². The smallest absolute Gasteiger partial charge is 0.413 e. The minimum atomic E-state index is -3.60. The molecule has 3 rings (SSSR count). The highest BCUT2D eigenvalue weighted by atomic mass is 32.2. The standard InChI is InChI=1S/C23H31N3O4S/c1-17-5-11-20(12-6-17)31(28,29)26-15-13-23(24,14-16-26)30-21(27)25-19-9-7-18(8-10-19)22(2,3)4/h5-12H,13-16,24H2,1-4H3,(H,25,27). The van der Waals surface area contributed by atoms with E-state index in [1.165, 1.54) is 4.31 Å². The molecule has 3 N–H and O–H groups in total. The van der Waals surface area contributed by atoms with Gasteiger partial charge in [-0.05, 0) is 42.2 Å². The topological polar surface area (TPSA) is 102 Å². The molecule has 0 aliphatic carbocycles. The van der Waals surface area contributed by atoms with Crippen LogP contribution in [0.4, 0.5) is 10.5 Å². The molecule has 0 aromatic heterocycles. The normalized spacial score (nSPS) is 17.2. The van der Waals surface area contributed by atoms with Crippen molar-refractivity contribution in [2.24, 2.45) is 5.73 Å². The average Bonchev–Trinajstić information content (AvgIpc) is 2.68. The van der Waals surface area contributed by atoms with Gasteiger partial charge in [-0.1, -0.05) is 50.6 Å². The van der Waals surface area contributed by atoms with Gasteiger partial charge in [-0.3, -0.25) is 11.1 Å². The van der Waals surface area contributed by atoms with Gasteiger partial charge in [-0.2, -0.15) is 4.31 Å². The van der Waals surface area contributed by atoms with Gasteiger partial charge >= 0.3 is 6.09 Å². The van der Waals surface area contributed by atoms with E-state index in [1.807, 2.05) is 31.2 Å². The number of carbonyl (C=O) groups is 1. The molecule has 0 atom stereocenters. The van der Waals surface area contributed by atoms with Crippen LogP contribution in [-0.2, 0) is 20.2 Å². The molecule has 0 bridgehead atoms. The van der Waals surface area contributed by atoms with Crippen molar-refractivity contribution in [2.75, 3.05) is 18.4 Å². The molecule has 1 aliphatic rings. The number of aryl methyl sites for hydroxylation is 1. The molecule has 31 heavy (non-hydrogen) atoms. The highest BCUT2D eigenvalue weighted by Gasteiger charge is 2.38. The molecule has 168 valence electrons. The Labute approximate surface area is 184 Å². The molecule has 0 spiro atoms. The fourth-order valence-electron chi connectivity index (χ4n) is 3.45. The number of piperidine rings is 1. The summed E-state index contributed by atoms with van der Waals surface area (Å²) in [7, 11) is -3.60. The zero-order chi connectivity index (χ0) is 22.9. The SMILES string of the molecule is Cc1ccc(S(=O)(=O)N2CCC(N)(OC(=O)Nc3ccc(C(C)(C)C)cc3)CC2)cc1. The van der Waals surface area contributed by atoms with Gasteiger partial charge < -0.3 is 4.74 Å². The number of hydrogen-bond acceptors (Lipinski definition) is 5. The van der Waals surface area contributed by atoms with E-state index in [9.17, 15) is 13.2 Å². The average molecular weight is 446 g/mol. The second-order valence-electron chi connectivity index (χ2n) is 9.12. The summed E-state index contributed by atoms with van der Waals surface area (Å²) >= 11 is 0. The van der Waals surface area contributed by atoms with E-state index in [0.29, 0.717) is 5.69 Å². The maximum atomic E-state index is 12.8. The summed E-state index contributed by atoms with van der Waals surface area (Å²) in [5.41, 5.74) is 7.82. The molecule has 8 heteroatoms. The number of benzene rings is 2. The van der Waals surface area contributed by atoms with Gasteiger partial charge in [0.15, 0.2) is 5.72 Å². The fraction of sp³-hybridized carbons (Fsp3) is 0.435.